The first-order valence-electron chi connectivity index (χ1n) is 5.45. The molecule has 16 heavy (non-hydrogen) atoms. The Morgan fingerprint density at radius 1 is 1.56 bits per heavy atom. The zero-order chi connectivity index (χ0) is 11.0. The first kappa shape index (κ1) is 9.80. The summed E-state index contributed by atoms with van der Waals surface area (Å²) in [6.45, 7) is 1.94. The number of hydrogen-bond donors (Lipinski definition) is 3. The maximum absolute atomic E-state index is 11.9. The zero-order valence-electron chi connectivity index (χ0n) is 8.82. The minimum atomic E-state index is -0.170. The number of H-pyrrole nitrogens is 1. The van der Waals surface area contributed by atoms with Crippen LogP contribution < -0.4 is 10.6 Å². The summed E-state index contributed by atoms with van der Waals surface area (Å²) in [5.41, 5.74) is 2.07. The van der Waals surface area contributed by atoms with Crippen molar-refractivity contribution in [3.8, 4) is 0 Å². The third kappa shape index (κ3) is 1.70. The molecule has 6 heteroatoms. The number of ether oxygens (including phenoxy) is 1. The molecule has 1 unspecified atom stereocenters. The fourth-order valence-electron chi connectivity index (χ4n) is 1.98. The van der Waals surface area contributed by atoms with Crippen molar-refractivity contribution in [3.05, 3.63) is 17.7 Å². The van der Waals surface area contributed by atoms with Gasteiger partial charge in [-0.15, -0.1) is 0 Å². The molecule has 1 atom stereocenters. The van der Waals surface area contributed by atoms with E-state index in [1.54, 1.807) is 6.33 Å². The molecule has 6 nitrogen and oxygen atoms in total. The highest BCUT2D eigenvalue weighted by molar-refractivity contribution is 5.82. The van der Waals surface area contributed by atoms with Crippen molar-refractivity contribution in [3.63, 3.8) is 0 Å². The van der Waals surface area contributed by atoms with Crippen molar-refractivity contribution in [2.75, 3.05) is 13.2 Å². The number of carbonyl (C=O) groups is 1. The summed E-state index contributed by atoms with van der Waals surface area (Å²) in [4.78, 5) is 19.1. The van der Waals surface area contributed by atoms with Gasteiger partial charge in [-0.05, 0) is 0 Å². The van der Waals surface area contributed by atoms with Crippen molar-refractivity contribution >= 4 is 5.91 Å². The number of aromatic nitrogens is 2. The lowest BCUT2D eigenvalue weighted by atomic mass is 10.0. The second-order valence-corrected chi connectivity index (χ2v) is 4.21. The monoisotopic (exact) mass is 222 g/mol. The fraction of sp³-hybridized carbons (Fsp3) is 0.600. The van der Waals surface area contributed by atoms with Crippen LogP contribution in [0.1, 0.15) is 11.4 Å². The van der Waals surface area contributed by atoms with E-state index in [4.69, 9.17) is 4.74 Å². The van der Waals surface area contributed by atoms with Crippen molar-refractivity contribution in [2.45, 2.75) is 25.0 Å². The molecule has 2 aliphatic rings. The summed E-state index contributed by atoms with van der Waals surface area (Å²) in [5.74, 6) is 0.0435. The van der Waals surface area contributed by atoms with Crippen LogP contribution in [0.4, 0.5) is 0 Å². The van der Waals surface area contributed by atoms with E-state index in [2.05, 4.69) is 20.6 Å². The fourth-order valence-corrected chi connectivity index (χ4v) is 1.98. The standard InChI is InChI=1S/C10H14N4O2/c15-10(14-6-3-16-4-6)8-1-7-9(2-11-8)13-5-12-7/h5-6,8,11H,1-4H2,(H,12,13)(H,14,15). The normalized spacial score (nSPS) is 24.6. The molecule has 0 aliphatic carbocycles. The highest BCUT2D eigenvalue weighted by Gasteiger charge is 2.28. The van der Waals surface area contributed by atoms with Gasteiger partial charge in [0.05, 0.1) is 43.0 Å². The molecule has 1 saturated heterocycles. The van der Waals surface area contributed by atoms with Crippen LogP contribution in [0.3, 0.4) is 0 Å². The highest BCUT2D eigenvalue weighted by atomic mass is 16.5. The van der Waals surface area contributed by atoms with Crippen LogP contribution in [-0.2, 0) is 22.5 Å². The Morgan fingerprint density at radius 3 is 3.19 bits per heavy atom. The molecule has 0 aromatic carbocycles. The van der Waals surface area contributed by atoms with Crippen molar-refractivity contribution < 1.29 is 9.53 Å². The molecule has 0 spiro atoms. The Bertz CT molecular complexity index is 399. The molecule has 3 rings (SSSR count). The van der Waals surface area contributed by atoms with Crippen LogP contribution in [-0.4, -0.2) is 41.2 Å². The van der Waals surface area contributed by atoms with E-state index in [0.29, 0.717) is 26.2 Å². The smallest absolute Gasteiger partial charge is 0.237 e. The Kier molecular flexibility index (Phi) is 2.37. The number of fused-ring (bicyclic) bond motifs is 1. The Labute approximate surface area is 92.8 Å². The lowest BCUT2D eigenvalue weighted by Gasteiger charge is -2.30. The minimum absolute atomic E-state index is 0.0435. The molecule has 1 aromatic rings. The van der Waals surface area contributed by atoms with Crippen molar-refractivity contribution in [1.29, 1.82) is 0 Å². The van der Waals surface area contributed by atoms with E-state index in [-0.39, 0.29) is 18.0 Å². The lowest BCUT2D eigenvalue weighted by Crippen LogP contribution is -2.55. The van der Waals surface area contributed by atoms with Crippen LogP contribution in [0.15, 0.2) is 6.33 Å². The molecule has 1 amide bonds. The van der Waals surface area contributed by atoms with Gasteiger partial charge in [-0.2, -0.15) is 0 Å². The summed E-state index contributed by atoms with van der Waals surface area (Å²) in [7, 11) is 0. The highest BCUT2D eigenvalue weighted by Crippen LogP contribution is 2.12. The van der Waals surface area contributed by atoms with Gasteiger partial charge in [-0.1, -0.05) is 0 Å². The molecule has 1 fully saturated rings. The summed E-state index contributed by atoms with van der Waals surface area (Å²) in [6.07, 6.45) is 2.32. The lowest BCUT2D eigenvalue weighted by molar-refractivity contribution is -0.127. The molecule has 0 bridgehead atoms. The van der Waals surface area contributed by atoms with Gasteiger partial charge >= 0.3 is 0 Å². The average Bonchev–Trinajstić information content (AvgIpc) is 2.69. The van der Waals surface area contributed by atoms with E-state index >= 15 is 0 Å². The molecule has 2 aliphatic heterocycles. The number of nitrogens with zero attached hydrogens (tertiary/aromatic N) is 1. The molecule has 1 aromatic heterocycles. The second kappa shape index (κ2) is 3.88. The van der Waals surface area contributed by atoms with Crippen molar-refractivity contribution in [2.24, 2.45) is 0 Å². The maximum atomic E-state index is 11.9. The summed E-state index contributed by atoms with van der Waals surface area (Å²) in [6, 6.07) is 0.0197. The largest absolute Gasteiger partial charge is 0.377 e. The number of rotatable bonds is 2. The predicted molar refractivity (Wildman–Crippen MR) is 55.7 cm³/mol. The quantitative estimate of drug-likeness (QED) is 0.596. The molecular weight excluding hydrogens is 208 g/mol. The van der Waals surface area contributed by atoms with Gasteiger partial charge < -0.3 is 15.0 Å². The van der Waals surface area contributed by atoms with Crippen LogP contribution in [0.25, 0.3) is 0 Å². The van der Waals surface area contributed by atoms with Gasteiger partial charge in [0.2, 0.25) is 5.91 Å². The Balaban J connectivity index is 1.62. The minimum Gasteiger partial charge on any atom is -0.377 e. The van der Waals surface area contributed by atoms with E-state index in [0.717, 1.165) is 11.4 Å². The molecule has 0 saturated carbocycles. The van der Waals surface area contributed by atoms with E-state index in [9.17, 15) is 4.79 Å². The number of imidazole rings is 1. The van der Waals surface area contributed by atoms with E-state index in [1.165, 1.54) is 0 Å². The third-order valence-electron chi connectivity index (χ3n) is 3.03. The van der Waals surface area contributed by atoms with Gasteiger partial charge in [0.15, 0.2) is 0 Å². The maximum Gasteiger partial charge on any atom is 0.237 e. The average molecular weight is 222 g/mol. The molecular formula is C10H14N4O2. The van der Waals surface area contributed by atoms with Gasteiger partial charge in [0, 0.05) is 13.0 Å². The molecule has 0 radical (unpaired) electrons. The van der Waals surface area contributed by atoms with Crippen LogP contribution in [0.5, 0.6) is 0 Å². The summed E-state index contributed by atoms with van der Waals surface area (Å²) >= 11 is 0. The zero-order valence-corrected chi connectivity index (χ0v) is 8.82. The van der Waals surface area contributed by atoms with Gasteiger partial charge in [-0.3, -0.25) is 10.1 Å². The van der Waals surface area contributed by atoms with Crippen LogP contribution in [0, 0.1) is 0 Å². The second-order valence-electron chi connectivity index (χ2n) is 4.21. The molecule has 3 heterocycles. The van der Waals surface area contributed by atoms with E-state index in [1.807, 2.05) is 0 Å². The van der Waals surface area contributed by atoms with Crippen molar-refractivity contribution in [1.82, 2.24) is 20.6 Å². The topological polar surface area (TPSA) is 79.0 Å². The van der Waals surface area contributed by atoms with E-state index < -0.39 is 0 Å². The van der Waals surface area contributed by atoms with Gasteiger partial charge in [0.1, 0.15) is 0 Å². The molecule has 3 N–H and O–H groups in total. The Morgan fingerprint density at radius 2 is 2.44 bits per heavy atom. The Hall–Kier alpha value is -1.40. The first-order chi connectivity index (χ1) is 7.83. The SMILES string of the molecule is O=C(NC1COC1)C1Cc2nc[nH]c2CN1. The molecule has 86 valence electrons. The van der Waals surface area contributed by atoms with Gasteiger partial charge in [0.25, 0.3) is 0 Å². The number of nitrogens with one attached hydrogen (secondary N) is 3. The number of carbonyl (C=O) groups excluding carboxylic acids is 1. The van der Waals surface area contributed by atoms with Gasteiger partial charge in [-0.25, -0.2) is 4.98 Å². The predicted octanol–water partition coefficient (Wildman–Crippen LogP) is -1.06. The summed E-state index contributed by atoms with van der Waals surface area (Å²) in [5, 5.41) is 6.14. The van der Waals surface area contributed by atoms with Crippen LogP contribution >= 0.6 is 0 Å². The number of aromatic amines is 1. The summed E-state index contributed by atoms with van der Waals surface area (Å²) < 4.78 is 5.01. The first-order valence-corrected chi connectivity index (χ1v) is 5.45. The van der Waals surface area contributed by atoms with Crippen LogP contribution in [0.2, 0.25) is 0 Å². The number of hydrogen-bond acceptors (Lipinski definition) is 4. The third-order valence-corrected chi connectivity index (χ3v) is 3.03. The number of amides is 1.